The standard InChI is InChI=1S/C10H10N4O/c1-7-11-5-8-10(13-7)14(6-12-8)9-3-2-4-15-9/h2-4,6H,5H2,1H3,(H,11,13). The van der Waals surface area contributed by atoms with E-state index in [-0.39, 0.29) is 0 Å². The minimum absolute atomic E-state index is 0.721. The number of imidazole rings is 1. The topological polar surface area (TPSA) is 55.4 Å². The SMILES string of the molecule is CC1=Nc2c(ncn2-c2ccco2)CN1. The Morgan fingerprint density at radius 3 is 3.27 bits per heavy atom. The maximum Gasteiger partial charge on any atom is 0.206 e. The lowest BCUT2D eigenvalue weighted by Crippen LogP contribution is -2.23. The fourth-order valence-corrected chi connectivity index (χ4v) is 1.60. The Balaban J connectivity index is 2.16. The molecule has 0 fully saturated rings. The number of aromatic nitrogens is 2. The van der Waals surface area contributed by atoms with Gasteiger partial charge >= 0.3 is 0 Å². The van der Waals surface area contributed by atoms with Crippen molar-refractivity contribution >= 4 is 11.7 Å². The molecule has 0 saturated heterocycles. The quantitative estimate of drug-likeness (QED) is 0.764. The van der Waals surface area contributed by atoms with Crippen molar-refractivity contribution in [2.24, 2.45) is 4.99 Å². The van der Waals surface area contributed by atoms with Crippen LogP contribution in [0.15, 0.2) is 34.1 Å². The van der Waals surface area contributed by atoms with Crippen LogP contribution in [-0.2, 0) is 6.54 Å². The lowest BCUT2D eigenvalue weighted by atomic mass is 10.3. The highest BCUT2D eigenvalue weighted by atomic mass is 16.3. The van der Waals surface area contributed by atoms with Crippen LogP contribution in [0.2, 0.25) is 0 Å². The van der Waals surface area contributed by atoms with Crippen LogP contribution < -0.4 is 5.32 Å². The Kier molecular flexibility index (Phi) is 1.65. The van der Waals surface area contributed by atoms with Gasteiger partial charge < -0.3 is 9.73 Å². The molecule has 76 valence electrons. The Labute approximate surface area is 86.5 Å². The molecule has 5 heteroatoms. The van der Waals surface area contributed by atoms with E-state index in [0.29, 0.717) is 0 Å². The number of hydrogen-bond donors (Lipinski definition) is 1. The number of fused-ring (bicyclic) bond motifs is 1. The molecule has 3 heterocycles. The Morgan fingerprint density at radius 2 is 2.47 bits per heavy atom. The van der Waals surface area contributed by atoms with Gasteiger partial charge in [-0.3, -0.25) is 4.57 Å². The van der Waals surface area contributed by atoms with Crippen LogP contribution in [0.1, 0.15) is 12.6 Å². The first-order chi connectivity index (χ1) is 7.34. The summed E-state index contributed by atoms with van der Waals surface area (Å²) in [6.07, 6.45) is 3.37. The minimum atomic E-state index is 0.721. The van der Waals surface area contributed by atoms with Gasteiger partial charge in [0.25, 0.3) is 0 Å². The molecule has 0 spiro atoms. The molecule has 1 N–H and O–H groups in total. The monoisotopic (exact) mass is 202 g/mol. The number of hydrogen-bond acceptors (Lipinski definition) is 4. The highest BCUT2D eigenvalue weighted by molar-refractivity contribution is 5.83. The molecule has 0 aromatic carbocycles. The first-order valence-corrected chi connectivity index (χ1v) is 4.74. The van der Waals surface area contributed by atoms with E-state index in [1.54, 1.807) is 12.6 Å². The summed E-state index contributed by atoms with van der Waals surface area (Å²) in [5.41, 5.74) is 0.942. The van der Waals surface area contributed by atoms with Gasteiger partial charge in [-0.2, -0.15) is 0 Å². The van der Waals surface area contributed by atoms with Crippen LogP contribution in [0.5, 0.6) is 0 Å². The van der Waals surface area contributed by atoms with Crippen molar-refractivity contribution in [1.29, 1.82) is 0 Å². The molecule has 1 aliphatic heterocycles. The summed E-state index contributed by atoms with van der Waals surface area (Å²) in [5.74, 6) is 2.49. The van der Waals surface area contributed by atoms with Crippen molar-refractivity contribution in [3.8, 4) is 5.88 Å². The molecule has 15 heavy (non-hydrogen) atoms. The van der Waals surface area contributed by atoms with Gasteiger partial charge in [0.1, 0.15) is 17.9 Å². The average Bonchev–Trinajstić information content (AvgIpc) is 2.83. The van der Waals surface area contributed by atoms with Crippen LogP contribution in [0.3, 0.4) is 0 Å². The van der Waals surface area contributed by atoms with E-state index in [2.05, 4.69) is 15.3 Å². The third-order valence-corrected chi connectivity index (χ3v) is 2.34. The van der Waals surface area contributed by atoms with Gasteiger partial charge in [-0.1, -0.05) is 0 Å². The molecule has 0 radical (unpaired) electrons. The summed E-state index contributed by atoms with van der Waals surface area (Å²) in [5, 5.41) is 3.14. The summed E-state index contributed by atoms with van der Waals surface area (Å²) >= 11 is 0. The van der Waals surface area contributed by atoms with Crippen LogP contribution in [0, 0.1) is 0 Å². The van der Waals surface area contributed by atoms with E-state index < -0.39 is 0 Å². The zero-order chi connectivity index (χ0) is 10.3. The highest BCUT2D eigenvalue weighted by Crippen LogP contribution is 2.25. The molecule has 0 aliphatic carbocycles. The summed E-state index contributed by atoms with van der Waals surface area (Å²) in [4.78, 5) is 8.69. The van der Waals surface area contributed by atoms with Crippen molar-refractivity contribution in [2.75, 3.05) is 0 Å². The van der Waals surface area contributed by atoms with Gasteiger partial charge in [-0.15, -0.1) is 0 Å². The van der Waals surface area contributed by atoms with E-state index in [1.807, 2.05) is 23.6 Å². The third-order valence-electron chi connectivity index (χ3n) is 2.34. The number of furan rings is 1. The molecule has 0 atom stereocenters. The predicted molar refractivity (Wildman–Crippen MR) is 55.4 cm³/mol. The average molecular weight is 202 g/mol. The maximum absolute atomic E-state index is 5.31. The van der Waals surface area contributed by atoms with Crippen molar-refractivity contribution in [3.05, 3.63) is 30.4 Å². The second-order valence-corrected chi connectivity index (χ2v) is 3.39. The number of aliphatic imine (C=N–C) groups is 1. The van der Waals surface area contributed by atoms with Crippen LogP contribution in [0.25, 0.3) is 5.88 Å². The predicted octanol–water partition coefficient (Wildman–Crippen LogP) is 1.62. The highest BCUT2D eigenvalue weighted by Gasteiger charge is 2.16. The van der Waals surface area contributed by atoms with E-state index in [1.165, 1.54) is 0 Å². The third kappa shape index (κ3) is 1.24. The second kappa shape index (κ2) is 2.98. The van der Waals surface area contributed by atoms with Gasteiger partial charge in [-0.05, 0) is 13.0 Å². The lowest BCUT2D eigenvalue weighted by molar-refractivity contribution is 0.539. The smallest absolute Gasteiger partial charge is 0.206 e. The normalized spacial score (nSPS) is 14.3. The van der Waals surface area contributed by atoms with Crippen molar-refractivity contribution in [3.63, 3.8) is 0 Å². The van der Waals surface area contributed by atoms with Gasteiger partial charge in [0.15, 0.2) is 5.82 Å². The first kappa shape index (κ1) is 8.28. The van der Waals surface area contributed by atoms with Crippen molar-refractivity contribution in [1.82, 2.24) is 14.9 Å². The summed E-state index contributed by atoms with van der Waals surface area (Å²) < 4.78 is 7.16. The molecule has 2 aromatic heterocycles. The molecule has 3 rings (SSSR count). The number of nitrogens with one attached hydrogen (secondary N) is 1. The maximum atomic E-state index is 5.31. The van der Waals surface area contributed by atoms with E-state index in [9.17, 15) is 0 Å². The zero-order valence-electron chi connectivity index (χ0n) is 8.27. The molecular formula is C10H10N4O. The van der Waals surface area contributed by atoms with E-state index in [0.717, 1.165) is 29.8 Å². The van der Waals surface area contributed by atoms with Crippen LogP contribution in [0.4, 0.5) is 5.82 Å². The fraction of sp³-hybridized carbons (Fsp3) is 0.200. The summed E-state index contributed by atoms with van der Waals surface area (Å²) in [6, 6.07) is 3.73. The Morgan fingerprint density at radius 1 is 1.53 bits per heavy atom. The van der Waals surface area contributed by atoms with E-state index >= 15 is 0 Å². The van der Waals surface area contributed by atoms with Crippen molar-refractivity contribution in [2.45, 2.75) is 13.5 Å². The van der Waals surface area contributed by atoms with Crippen molar-refractivity contribution < 1.29 is 4.42 Å². The number of amidine groups is 1. The summed E-state index contributed by atoms with van der Waals surface area (Å²) in [7, 11) is 0. The van der Waals surface area contributed by atoms with Gasteiger partial charge in [0.05, 0.1) is 12.8 Å². The van der Waals surface area contributed by atoms with Gasteiger partial charge in [0.2, 0.25) is 5.88 Å². The molecule has 5 nitrogen and oxygen atoms in total. The molecule has 2 aromatic rings. The number of nitrogens with zero attached hydrogens (tertiary/aromatic N) is 3. The zero-order valence-corrected chi connectivity index (χ0v) is 8.27. The minimum Gasteiger partial charge on any atom is -0.448 e. The first-order valence-electron chi connectivity index (χ1n) is 4.74. The fourth-order valence-electron chi connectivity index (χ4n) is 1.60. The summed E-state index contributed by atoms with van der Waals surface area (Å²) in [6.45, 7) is 2.65. The van der Waals surface area contributed by atoms with Gasteiger partial charge in [-0.25, -0.2) is 9.98 Å². The van der Waals surface area contributed by atoms with E-state index in [4.69, 9.17) is 4.42 Å². The lowest BCUT2D eigenvalue weighted by Gasteiger charge is -2.11. The molecule has 0 amide bonds. The molecule has 1 aliphatic rings. The van der Waals surface area contributed by atoms with Gasteiger partial charge in [0, 0.05) is 6.07 Å². The molecule has 0 saturated carbocycles. The second-order valence-electron chi connectivity index (χ2n) is 3.39. The molecule has 0 unspecified atom stereocenters. The largest absolute Gasteiger partial charge is 0.448 e. The molecule has 0 bridgehead atoms. The molecular weight excluding hydrogens is 192 g/mol. The van der Waals surface area contributed by atoms with Crippen LogP contribution in [-0.4, -0.2) is 15.4 Å². The van der Waals surface area contributed by atoms with Crippen LogP contribution >= 0.6 is 0 Å². The Hall–Kier alpha value is -2.04. The number of rotatable bonds is 1. The Bertz CT molecular complexity index is 510.